The fourth-order valence-electron chi connectivity index (χ4n) is 5.42. The van der Waals surface area contributed by atoms with Gasteiger partial charge in [0, 0.05) is 47.3 Å². The lowest BCUT2D eigenvalue weighted by Gasteiger charge is -2.42. The van der Waals surface area contributed by atoms with Crippen LogP contribution in [0.2, 0.25) is 5.02 Å². The molecule has 3 aromatic rings. The van der Waals surface area contributed by atoms with E-state index in [4.69, 9.17) is 16.6 Å². The smallest absolute Gasteiger partial charge is 0.243 e. The summed E-state index contributed by atoms with van der Waals surface area (Å²) in [6, 6.07) is 9.14. The van der Waals surface area contributed by atoms with Crippen LogP contribution in [0, 0.1) is 0 Å². The van der Waals surface area contributed by atoms with E-state index in [1.807, 2.05) is 24.4 Å². The Bertz CT molecular complexity index is 1180. The van der Waals surface area contributed by atoms with Crippen molar-refractivity contribution in [1.29, 1.82) is 0 Å². The third kappa shape index (κ3) is 4.95. The minimum atomic E-state index is -0.0825. The van der Waals surface area contributed by atoms with Crippen molar-refractivity contribution < 1.29 is 4.79 Å². The summed E-state index contributed by atoms with van der Waals surface area (Å²) in [5.74, 6) is 0.533. The summed E-state index contributed by atoms with van der Waals surface area (Å²) in [6.07, 6.45) is 11.6. The first kappa shape index (κ1) is 22.9. The molecule has 1 saturated carbocycles. The number of carbonyl (C=O) groups excluding carboxylic acids is 1. The summed E-state index contributed by atoms with van der Waals surface area (Å²) in [5, 5.41) is 8.29. The Balaban J connectivity index is 1.27. The third-order valence-electron chi connectivity index (χ3n) is 7.07. The molecule has 0 unspecified atom stereocenters. The van der Waals surface area contributed by atoms with E-state index >= 15 is 0 Å². The number of halogens is 1. The Hall–Kier alpha value is -2.90. The summed E-state index contributed by atoms with van der Waals surface area (Å²) in [5.41, 5.74) is 2.77. The van der Waals surface area contributed by atoms with Crippen molar-refractivity contribution in [2.75, 3.05) is 18.4 Å². The van der Waals surface area contributed by atoms with Gasteiger partial charge in [-0.1, -0.05) is 36.4 Å². The molecule has 178 valence electrons. The van der Waals surface area contributed by atoms with E-state index in [1.165, 1.54) is 12.5 Å². The fourth-order valence-corrected chi connectivity index (χ4v) is 5.61. The molecule has 2 fully saturated rings. The maximum Gasteiger partial charge on any atom is 0.243 e. The third-order valence-corrected chi connectivity index (χ3v) is 7.35. The number of amides is 1. The first-order chi connectivity index (χ1) is 16.6. The molecule has 2 aromatic heterocycles. The fraction of sp³-hybridized carbons (Fsp3) is 0.423. The second-order valence-electron chi connectivity index (χ2n) is 9.35. The zero-order valence-corrected chi connectivity index (χ0v) is 20.0. The van der Waals surface area contributed by atoms with Gasteiger partial charge < -0.3 is 15.6 Å². The predicted octanol–water partition coefficient (Wildman–Crippen LogP) is 4.77. The normalized spacial score (nSPS) is 23.5. The Morgan fingerprint density at radius 2 is 2.06 bits per heavy atom. The Morgan fingerprint density at radius 1 is 1.21 bits per heavy atom. The van der Waals surface area contributed by atoms with E-state index in [2.05, 4.69) is 38.1 Å². The number of hydrogen-bond acceptors (Lipinski definition) is 5. The SMILES string of the molecule is C=CC(=O)N[C@H]1CCCN([C@H]2CCC[C@@H](Nc3ncc(Cl)c(-c4c[nH]c5ccccc45)n3)C2)C1. The number of carbonyl (C=O) groups is 1. The number of nitrogens with zero attached hydrogens (tertiary/aromatic N) is 3. The molecule has 7 nitrogen and oxygen atoms in total. The van der Waals surface area contributed by atoms with Crippen LogP contribution in [0.4, 0.5) is 5.95 Å². The van der Waals surface area contributed by atoms with E-state index in [1.54, 1.807) is 6.20 Å². The minimum Gasteiger partial charge on any atom is -0.360 e. The molecule has 0 spiro atoms. The molecule has 8 heteroatoms. The van der Waals surface area contributed by atoms with E-state index in [9.17, 15) is 4.79 Å². The van der Waals surface area contributed by atoms with Gasteiger partial charge in [0.1, 0.15) is 0 Å². The topological polar surface area (TPSA) is 85.9 Å². The molecular formula is C26H31ClN6O. The molecule has 0 bridgehead atoms. The largest absolute Gasteiger partial charge is 0.360 e. The lowest BCUT2D eigenvalue weighted by Crippen LogP contribution is -2.52. The zero-order chi connectivity index (χ0) is 23.5. The molecule has 1 aliphatic heterocycles. The van der Waals surface area contributed by atoms with Crippen molar-refractivity contribution in [3.05, 3.63) is 54.3 Å². The lowest BCUT2D eigenvalue weighted by molar-refractivity contribution is -0.117. The highest BCUT2D eigenvalue weighted by atomic mass is 35.5. The number of fused-ring (bicyclic) bond motifs is 1. The van der Waals surface area contributed by atoms with Crippen LogP contribution in [-0.4, -0.2) is 57.0 Å². The minimum absolute atomic E-state index is 0.0825. The number of piperidine rings is 1. The van der Waals surface area contributed by atoms with Crippen LogP contribution in [0.25, 0.3) is 22.2 Å². The first-order valence-electron chi connectivity index (χ1n) is 12.1. The van der Waals surface area contributed by atoms with Gasteiger partial charge in [-0.05, 0) is 57.2 Å². The highest BCUT2D eigenvalue weighted by Gasteiger charge is 2.31. The number of hydrogen-bond donors (Lipinski definition) is 3. The number of aromatic amines is 1. The molecule has 2 aliphatic rings. The summed E-state index contributed by atoms with van der Waals surface area (Å²) in [6.45, 7) is 5.56. The highest BCUT2D eigenvalue weighted by Crippen LogP contribution is 2.33. The van der Waals surface area contributed by atoms with Crippen molar-refractivity contribution in [3.8, 4) is 11.3 Å². The van der Waals surface area contributed by atoms with Gasteiger partial charge in [0.25, 0.3) is 0 Å². The van der Waals surface area contributed by atoms with Crippen LogP contribution in [0.3, 0.4) is 0 Å². The molecule has 3 N–H and O–H groups in total. The van der Waals surface area contributed by atoms with Gasteiger partial charge in [-0.15, -0.1) is 0 Å². The Labute approximate surface area is 205 Å². The average molecular weight is 479 g/mol. The first-order valence-corrected chi connectivity index (χ1v) is 12.5. The second kappa shape index (κ2) is 10.2. The number of likely N-dealkylation sites (tertiary alicyclic amines) is 1. The summed E-state index contributed by atoms with van der Waals surface area (Å²) in [4.78, 5) is 26.9. The summed E-state index contributed by atoms with van der Waals surface area (Å²) in [7, 11) is 0. The van der Waals surface area contributed by atoms with Crippen LogP contribution >= 0.6 is 11.6 Å². The van der Waals surface area contributed by atoms with E-state index in [0.29, 0.717) is 23.1 Å². The van der Waals surface area contributed by atoms with E-state index in [-0.39, 0.29) is 11.9 Å². The van der Waals surface area contributed by atoms with Gasteiger partial charge in [-0.2, -0.15) is 0 Å². The maximum atomic E-state index is 11.7. The molecule has 1 aliphatic carbocycles. The molecule has 1 aromatic carbocycles. The molecule has 5 rings (SSSR count). The molecule has 0 radical (unpaired) electrons. The lowest BCUT2D eigenvalue weighted by atomic mass is 9.88. The molecule has 34 heavy (non-hydrogen) atoms. The second-order valence-corrected chi connectivity index (χ2v) is 9.75. The highest BCUT2D eigenvalue weighted by molar-refractivity contribution is 6.33. The number of nitrogens with one attached hydrogen (secondary N) is 3. The van der Waals surface area contributed by atoms with Gasteiger partial charge >= 0.3 is 0 Å². The van der Waals surface area contributed by atoms with E-state index < -0.39 is 0 Å². The maximum absolute atomic E-state index is 11.7. The van der Waals surface area contributed by atoms with Gasteiger partial charge in [0.15, 0.2) is 0 Å². The molecule has 3 atom stereocenters. The number of rotatable bonds is 6. The number of benzene rings is 1. The number of aromatic nitrogens is 3. The van der Waals surface area contributed by atoms with Gasteiger partial charge in [-0.25, -0.2) is 9.97 Å². The predicted molar refractivity (Wildman–Crippen MR) is 137 cm³/mol. The number of anilines is 1. The van der Waals surface area contributed by atoms with Crippen molar-refractivity contribution in [2.45, 2.75) is 56.7 Å². The van der Waals surface area contributed by atoms with Crippen LogP contribution in [0.15, 0.2) is 49.3 Å². The van der Waals surface area contributed by atoms with Crippen molar-refractivity contribution in [3.63, 3.8) is 0 Å². The summed E-state index contributed by atoms with van der Waals surface area (Å²) < 4.78 is 0. The monoisotopic (exact) mass is 478 g/mol. The molecule has 3 heterocycles. The number of H-pyrrole nitrogens is 1. The Morgan fingerprint density at radius 3 is 2.94 bits per heavy atom. The van der Waals surface area contributed by atoms with E-state index in [0.717, 1.165) is 67.4 Å². The molecule has 1 amide bonds. The zero-order valence-electron chi connectivity index (χ0n) is 19.3. The molecule has 1 saturated heterocycles. The van der Waals surface area contributed by atoms with Crippen LogP contribution in [-0.2, 0) is 4.79 Å². The quantitative estimate of drug-likeness (QED) is 0.444. The Kier molecular flexibility index (Phi) is 6.83. The van der Waals surface area contributed by atoms with Crippen molar-refractivity contribution in [2.24, 2.45) is 0 Å². The van der Waals surface area contributed by atoms with Crippen molar-refractivity contribution in [1.82, 2.24) is 25.2 Å². The van der Waals surface area contributed by atoms with Crippen LogP contribution in [0.1, 0.15) is 38.5 Å². The molecular weight excluding hydrogens is 448 g/mol. The summed E-state index contributed by atoms with van der Waals surface area (Å²) >= 11 is 6.51. The standard InChI is InChI=1S/C26H31ClN6O/c1-2-24(34)30-18-8-6-12-33(16-18)19-9-5-7-17(13-19)31-26-29-15-22(27)25(32-26)21-14-28-23-11-4-3-10-20(21)23/h2-4,10-11,14-15,17-19,28H,1,5-9,12-13,16H2,(H,30,34)(H,29,31,32)/t17-,18+,19+/m1/s1. The van der Waals surface area contributed by atoms with Gasteiger partial charge in [0.2, 0.25) is 11.9 Å². The van der Waals surface area contributed by atoms with Gasteiger partial charge in [-0.3, -0.25) is 9.69 Å². The van der Waals surface area contributed by atoms with Crippen LogP contribution in [0.5, 0.6) is 0 Å². The van der Waals surface area contributed by atoms with Gasteiger partial charge in [0.05, 0.1) is 16.9 Å². The number of para-hydroxylation sites is 1. The van der Waals surface area contributed by atoms with Crippen LogP contribution < -0.4 is 10.6 Å². The average Bonchev–Trinajstić information content (AvgIpc) is 3.29. The van der Waals surface area contributed by atoms with Crippen molar-refractivity contribution >= 4 is 34.4 Å².